The molecule has 1 heterocycles. The number of hydrogen-bond acceptors (Lipinski definition) is 2. The third kappa shape index (κ3) is 2.44. The van der Waals surface area contributed by atoms with Crippen LogP contribution in [-0.4, -0.2) is 16.3 Å². The van der Waals surface area contributed by atoms with Gasteiger partial charge in [0.2, 0.25) is 0 Å². The molecule has 84 valence electrons. The first kappa shape index (κ1) is 11.6. The van der Waals surface area contributed by atoms with Gasteiger partial charge in [0.05, 0.1) is 15.8 Å². The number of halogens is 1. The molecule has 1 unspecified atom stereocenters. The number of aromatic nitrogens is 2. The van der Waals surface area contributed by atoms with E-state index in [1.807, 2.05) is 17.1 Å². The van der Waals surface area contributed by atoms with E-state index in [1.54, 1.807) is 0 Å². The predicted molar refractivity (Wildman–Crippen MR) is 73.3 cm³/mol. The van der Waals surface area contributed by atoms with E-state index >= 15 is 0 Å². The summed E-state index contributed by atoms with van der Waals surface area (Å²) in [5.41, 5.74) is 8.28. The van der Waals surface area contributed by atoms with Crippen LogP contribution in [0.5, 0.6) is 0 Å². The number of nitrogens with two attached hydrogens (primary N) is 1. The highest BCUT2D eigenvalue weighted by atomic mass is 127. The molecule has 2 aromatic rings. The van der Waals surface area contributed by atoms with Crippen molar-refractivity contribution in [1.29, 1.82) is 0 Å². The lowest BCUT2D eigenvalue weighted by molar-refractivity contribution is 0.531. The van der Waals surface area contributed by atoms with E-state index in [0.29, 0.717) is 6.54 Å². The van der Waals surface area contributed by atoms with Crippen molar-refractivity contribution in [1.82, 2.24) is 9.78 Å². The summed E-state index contributed by atoms with van der Waals surface area (Å²) in [4.78, 5) is 0. The average Bonchev–Trinajstić information content (AvgIpc) is 2.69. The van der Waals surface area contributed by atoms with Crippen molar-refractivity contribution in [3.05, 3.63) is 51.4 Å². The Morgan fingerprint density at radius 1 is 1.38 bits per heavy atom. The lowest BCUT2D eigenvalue weighted by Crippen LogP contribution is -2.20. The Morgan fingerprint density at radius 3 is 2.56 bits per heavy atom. The van der Waals surface area contributed by atoms with E-state index in [4.69, 9.17) is 5.73 Å². The standard InChI is InChI=1S/C12H14IN3/c1-9-2-4-10(5-3-9)12(6-14)16-8-11(13)7-15-16/h2-5,7-8,12H,6,14H2,1H3. The first-order chi connectivity index (χ1) is 7.70. The average molecular weight is 327 g/mol. The van der Waals surface area contributed by atoms with Gasteiger partial charge >= 0.3 is 0 Å². The summed E-state index contributed by atoms with van der Waals surface area (Å²) in [6, 6.07) is 8.56. The summed E-state index contributed by atoms with van der Waals surface area (Å²) in [6.07, 6.45) is 3.86. The van der Waals surface area contributed by atoms with E-state index in [9.17, 15) is 0 Å². The van der Waals surface area contributed by atoms with Crippen molar-refractivity contribution in [2.75, 3.05) is 6.54 Å². The van der Waals surface area contributed by atoms with Gasteiger partial charge in [-0.25, -0.2) is 0 Å². The van der Waals surface area contributed by atoms with Gasteiger partial charge in [0.25, 0.3) is 0 Å². The minimum Gasteiger partial charge on any atom is -0.328 e. The molecule has 0 aliphatic carbocycles. The highest BCUT2D eigenvalue weighted by molar-refractivity contribution is 14.1. The molecule has 0 saturated heterocycles. The van der Waals surface area contributed by atoms with E-state index in [1.165, 1.54) is 11.1 Å². The smallest absolute Gasteiger partial charge is 0.0891 e. The Kier molecular flexibility index (Phi) is 3.60. The summed E-state index contributed by atoms with van der Waals surface area (Å²) in [5.74, 6) is 0. The maximum Gasteiger partial charge on any atom is 0.0891 e. The monoisotopic (exact) mass is 327 g/mol. The lowest BCUT2D eigenvalue weighted by atomic mass is 10.1. The van der Waals surface area contributed by atoms with Crippen molar-refractivity contribution >= 4 is 22.6 Å². The van der Waals surface area contributed by atoms with Gasteiger partial charge in [-0.15, -0.1) is 0 Å². The van der Waals surface area contributed by atoms with Crippen LogP contribution >= 0.6 is 22.6 Å². The Hall–Kier alpha value is -0.880. The van der Waals surface area contributed by atoms with Crippen molar-refractivity contribution in [2.45, 2.75) is 13.0 Å². The first-order valence-corrected chi connectivity index (χ1v) is 6.25. The number of rotatable bonds is 3. The van der Waals surface area contributed by atoms with Crippen LogP contribution in [0.1, 0.15) is 17.2 Å². The Labute approximate surface area is 109 Å². The summed E-state index contributed by atoms with van der Waals surface area (Å²) >= 11 is 2.25. The van der Waals surface area contributed by atoms with Gasteiger partial charge in [-0.1, -0.05) is 29.8 Å². The second kappa shape index (κ2) is 4.97. The van der Waals surface area contributed by atoms with Crippen LogP contribution in [-0.2, 0) is 0 Å². The van der Waals surface area contributed by atoms with Crippen LogP contribution in [0.4, 0.5) is 0 Å². The number of aryl methyl sites for hydroxylation is 1. The van der Waals surface area contributed by atoms with Crippen molar-refractivity contribution in [3.8, 4) is 0 Å². The molecule has 0 radical (unpaired) electrons. The minimum absolute atomic E-state index is 0.129. The van der Waals surface area contributed by atoms with Crippen molar-refractivity contribution < 1.29 is 0 Å². The van der Waals surface area contributed by atoms with Gasteiger partial charge in [0.15, 0.2) is 0 Å². The summed E-state index contributed by atoms with van der Waals surface area (Å²) in [6.45, 7) is 2.64. The molecule has 0 bridgehead atoms. The molecule has 0 fully saturated rings. The molecule has 1 atom stereocenters. The fourth-order valence-corrected chi connectivity index (χ4v) is 2.08. The summed E-state index contributed by atoms with van der Waals surface area (Å²) in [5, 5.41) is 4.31. The molecule has 1 aromatic carbocycles. The largest absolute Gasteiger partial charge is 0.328 e. The van der Waals surface area contributed by atoms with Crippen LogP contribution in [0.25, 0.3) is 0 Å². The minimum atomic E-state index is 0.129. The maximum absolute atomic E-state index is 5.82. The number of benzene rings is 1. The normalized spacial score (nSPS) is 12.7. The first-order valence-electron chi connectivity index (χ1n) is 5.17. The van der Waals surface area contributed by atoms with Gasteiger partial charge < -0.3 is 5.73 Å². The Balaban J connectivity index is 2.32. The molecule has 2 N–H and O–H groups in total. The molecule has 2 rings (SSSR count). The molecule has 0 aliphatic heterocycles. The van der Waals surface area contributed by atoms with Crippen LogP contribution < -0.4 is 5.73 Å². The van der Waals surface area contributed by atoms with E-state index in [2.05, 4.69) is 58.9 Å². The second-order valence-electron chi connectivity index (χ2n) is 3.80. The molecule has 1 aromatic heterocycles. The van der Waals surface area contributed by atoms with Gasteiger partial charge in [-0.3, -0.25) is 4.68 Å². The maximum atomic E-state index is 5.82. The molecule has 0 saturated carbocycles. The number of hydrogen-bond donors (Lipinski definition) is 1. The molecule has 0 aliphatic rings. The topological polar surface area (TPSA) is 43.8 Å². The van der Waals surface area contributed by atoms with E-state index in [0.717, 1.165) is 3.57 Å². The third-order valence-electron chi connectivity index (χ3n) is 2.57. The lowest BCUT2D eigenvalue weighted by Gasteiger charge is -2.15. The van der Waals surface area contributed by atoms with E-state index in [-0.39, 0.29) is 6.04 Å². The number of nitrogens with zero attached hydrogens (tertiary/aromatic N) is 2. The SMILES string of the molecule is Cc1ccc(C(CN)n2cc(I)cn2)cc1. The zero-order valence-electron chi connectivity index (χ0n) is 9.10. The molecule has 3 nitrogen and oxygen atoms in total. The molecule has 0 amide bonds. The van der Waals surface area contributed by atoms with Crippen LogP contribution in [0, 0.1) is 10.5 Å². The van der Waals surface area contributed by atoms with Gasteiger partial charge in [0, 0.05) is 12.7 Å². The van der Waals surface area contributed by atoms with Crippen LogP contribution in [0.15, 0.2) is 36.7 Å². The molecule has 4 heteroatoms. The Bertz CT molecular complexity index is 461. The fraction of sp³-hybridized carbons (Fsp3) is 0.250. The van der Waals surface area contributed by atoms with Gasteiger partial charge in [-0.05, 0) is 35.1 Å². The van der Waals surface area contributed by atoms with Crippen LogP contribution in [0.2, 0.25) is 0 Å². The summed E-state index contributed by atoms with van der Waals surface area (Å²) < 4.78 is 3.05. The molecular formula is C12H14IN3. The fourth-order valence-electron chi connectivity index (χ4n) is 1.67. The van der Waals surface area contributed by atoms with Crippen molar-refractivity contribution in [3.63, 3.8) is 0 Å². The highest BCUT2D eigenvalue weighted by Crippen LogP contribution is 2.18. The molecule has 0 spiro atoms. The zero-order valence-corrected chi connectivity index (χ0v) is 11.3. The van der Waals surface area contributed by atoms with Crippen molar-refractivity contribution in [2.24, 2.45) is 5.73 Å². The summed E-state index contributed by atoms with van der Waals surface area (Å²) in [7, 11) is 0. The zero-order chi connectivity index (χ0) is 11.5. The predicted octanol–water partition coefficient (Wildman–Crippen LogP) is 2.34. The Morgan fingerprint density at radius 2 is 2.06 bits per heavy atom. The second-order valence-corrected chi connectivity index (χ2v) is 5.05. The molecule has 16 heavy (non-hydrogen) atoms. The molecular weight excluding hydrogens is 313 g/mol. The quantitative estimate of drug-likeness (QED) is 0.880. The van der Waals surface area contributed by atoms with E-state index < -0.39 is 0 Å². The highest BCUT2D eigenvalue weighted by Gasteiger charge is 2.12. The third-order valence-corrected chi connectivity index (χ3v) is 3.13. The van der Waals surface area contributed by atoms with Gasteiger partial charge in [0.1, 0.15) is 0 Å². The van der Waals surface area contributed by atoms with Gasteiger partial charge in [-0.2, -0.15) is 5.10 Å². The van der Waals surface area contributed by atoms with Crippen LogP contribution in [0.3, 0.4) is 0 Å².